The summed E-state index contributed by atoms with van der Waals surface area (Å²) < 4.78 is 35.7. The standard InChI is InChI=1S/C12H23NO2Si/c1-9-7-10(13-11(9)14)8-15-16(5,6)12(2,3)4/h7,10H,8H2,1-6H3,(H,13,14)/t10-/m0/s1/i1+0D3,7D. The number of amides is 1. The van der Waals surface area contributed by atoms with E-state index in [1.807, 2.05) is 0 Å². The Hall–Kier alpha value is -0.613. The van der Waals surface area contributed by atoms with Gasteiger partial charge < -0.3 is 9.74 Å². The average molecular weight is 245 g/mol. The molecular formula is C12H23NO2Si. The molecule has 0 fully saturated rings. The molecule has 1 rings (SSSR count). The minimum absolute atomic E-state index is 0.0222. The van der Waals surface area contributed by atoms with Crippen LogP contribution >= 0.6 is 0 Å². The van der Waals surface area contributed by atoms with Gasteiger partial charge in [0.05, 0.1) is 14.0 Å². The second kappa shape index (κ2) is 4.34. The van der Waals surface area contributed by atoms with E-state index in [-0.39, 0.29) is 17.7 Å². The molecule has 0 saturated heterocycles. The van der Waals surface area contributed by atoms with Gasteiger partial charge in [0.25, 0.3) is 0 Å². The van der Waals surface area contributed by atoms with Crippen LogP contribution in [-0.4, -0.2) is 26.9 Å². The number of carbonyl (C=O) groups excluding carboxylic acids is 1. The average Bonchev–Trinajstić information content (AvgIpc) is 2.48. The summed E-state index contributed by atoms with van der Waals surface area (Å²) in [7, 11) is -1.99. The van der Waals surface area contributed by atoms with Gasteiger partial charge in [-0.05, 0) is 25.0 Å². The van der Waals surface area contributed by atoms with E-state index in [9.17, 15) is 4.79 Å². The van der Waals surface area contributed by atoms with Gasteiger partial charge >= 0.3 is 0 Å². The van der Waals surface area contributed by atoms with Crippen LogP contribution in [-0.2, 0) is 9.22 Å². The third-order valence-electron chi connectivity index (χ3n) is 3.27. The molecule has 4 heteroatoms. The maximum Gasteiger partial charge on any atom is 0.247 e. The molecule has 1 heterocycles. The molecule has 0 bridgehead atoms. The smallest absolute Gasteiger partial charge is 0.247 e. The van der Waals surface area contributed by atoms with Crippen LogP contribution in [0.4, 0.5) is 0 Å². The summed E-state index contributed by atoms with van der Waals surface area (Å²) in [6.07, 6.45) is 0. The molecule has 0 aliphatic carbocycles. The minimum Gasteiger partial charge on any atom is -0.414 e. The van der Waals surface area contributed by atoms with Gasteiger partial charge in [0, 0.05) is 9.69 Å². The number of carbonyl (C=O) groups is 1. The van der Waals surface area contributed by atoms with Crippen LogP contribution in [0.1, 0.15) is 33.1 Å². The summed E-state index contributed by atoms with van der Waals surface area (Å²) in [5.41, 5.74) is -0.415. The van der Waals surface area contributed by atoms with Crippen LogP contribution in [0.15, 0.2) is 11.6 Å². The topological polar surface area (TPSA) is 38.3 Å². The highest BCUT2D eigenvalue weighted by atomic mass is 28.4. The third kappa shape index (κ3) is 2.95. The number of hydrogen-bond acceptors (Lipinski definition) is 2. The van der Waals surface area contributed by atoms with Crippen LogP contribution in [0.3, 0.4) is 0 Å². The number of rotatable bonds is 3. The Labute approximate surface area is 105 Å². The van der Waals surface area contributed by atoms with Gasteiger partial charge in [-0.3, -0.25) is 4.79 Å². The lowest BCUT2D eigenvalue weighted by Gasteiger charge is -2.36. The van der Waals surface area contributed by atoms with Gasteiger partial charge in [-0.25, -0.2) is 0 Å². The zero-order valence-electron chi connectivity index (χ0n) is 14.6. The molecular weight excluding hydrogens is 218 g/mol. The molecule has 1 aliphatic heterocycles. The van der Waals surface area contributed by atoms with Gasteiger partial charge in [-0.15, -0.1) is 0 Å². The quantitative estimate of drug-likeness (QED) is 0.776. The molecule has 1 aliphatic rings. The van der Waals surface area contributed by atoms with Crippen molar-refractivity contribution in [1.29, 1.82) is 0 Å². The predicted octanol–water partition coefficient (Wildman–Crippen LogP) is 2.45. The fourth-order valence-electron chi connectivity index (χ4n) is 1.10. The lowest BCUT2D eigenvalue weighted by atomic mass is 10.2. The predicted molar refractivity (Wildman–Crippen MR) is 68.8 cm³/mol. The Bertz CT molecular complexity index is 438. The molecule has 3 nitrogen and oxygen atoms in total. The Balaban J connectivity index is 2.83. The van der Waals surface area contributed by atoms with Crippen molar-refractivity contribution in [2.24, 2.45) is 0 Å². The molecule has 0 spiro atoms. The van der Waals surface area contributed by atoms with E-state index < -0.39 is 32.7 Å². The molecule has 0 aromatic carbocycles. The third-order valence-corrected chi connectivity index (χ3v) is 7.77. The van der Waals surface area contributed by atoms with Gasteiger partial charge in [0.15, 0.2) is 8.32 Å². The van der Waals surface area contributed by atoms with Crippen LogP contribution < -0.4 is 5.32 Å². The monoisotopic (exact) mass is 245 g/mol. The highest BCUT2D eigenvalue weighted by Gasteiger charge is 2.37. The van der Waals surface area contributed by atoms with E-state index in [1.165, 1.54) is 0 Å². The van der Waals surface area contributed by atoms with Gasteiger partial charge in [0.2, 0.25) is 5.91 Å². The fourth-order valence-corrected chi connectivity index (χ4v) is 2.11. The molecule has 92 valence electrons. The molecule has 0 aromatic heterocycles. The normalized spacial score (nSPS) is 27.1. The zero-order chi connectivity index (χ0) is 15.9. The van der Waals surface area contributed by atoms with Gasteiger partial charge in [0.1, 0.15) is 0 Å². The van der Waals surface area contributed by atoms with Crippen LogP contribution in [0.5, 0.6) is 0 Å². The highest BCUT2D eigenvalue weighted by Crippen LogP contribution is 2.36. The van der Waals surface area contributed by atoms with Crippen molar-refractivity contribution in [2.75, 3.05) is 6.61 Å². The lowest BCUT2D eigenvalue weighted by molar-refractivity contribution is -0.117. The number of nitrogens with one attached hydrogen (secondary N) is 1. The Morgan fingerprint density at radius 3 is 2.69 bits per heavy atom. The molecule has 0 aromatic rings. The van der Waals surface area contributed by atoms with Crippen molar-refractivity contribution in [3.63, 3.8) is 0 Å². The molecule has 1 atom stereocenters. The van der Waals surface area contributed by atoms with Crippen molar-refractivity contribution < 1.29 is 14.7 Å². The Morgan fingerprint density at radius 1 is 1.62 bits per heavy atom. The first kappa shape index (κ1) is 8.47. The van der Waals surface area contributed by atoms with Crippen molar-refractivity contribution in [3.8, 4) is 0 Å². The van der Waals surface area contributed by atoms with E-state index in [2.05, 4.69) is 39.2 Å². The zero-order valence-corrected chi connectivity index (χ0v) is 11.6. The summed E-state index contributed by atoms with van der Waals surface area (Å²) in [6, 6.07) is -0.833. The highest BCUT2D eigenvalue weighted by molar-refractivity contribution is 6.74. The van der Waals surface area contributed by atoms with E-state index in [4.69, 9.17) is 9.91 Å². The Kier molecular flexibility index (Phi) is 2.30. The first-order valence-electron chi connectivity index (χ1n) is 7.43. The van der Waals surface area contributed by atoms with E-state index in [0.29, 0.717) is 0 Å². The van der Waals surface area contributed by atoms with Crippen LogP contribution in [0.2, 0.25) is 18.1 Å². The summed E-state index contributed by atoms with van der Waals surface area (Å²) in [5, 5.41) is 2.54. The van der Waals surface area contributed by atoms with Crippen molar-refractivity contribution in [2.45, 2.75) is 51.8 Å². The minimum atomic E-state index is -2.55. The number of hydrogen-bond donors (Lipinski definition) is 1. The molecule has 0 saturated carbocycles. The first-order chi connectivity index (χ1) is 8.77. The molecule has 1 N–H and O–H groups in total. The first-order valence-corrected chi connectivity index (χ1v) is 8.34. The van der Waals surface area contributed by atoms with E-state index in [1.54, 1.807) is 0 Å². The maximum absolute atomic E-state index is 11.7. The van der Waals surface area contributed by atoms with Crippen molar-refractivity contribution in [1.82, 2.24) is 5.32 Å². The van der Waals surface area contributed by atoms with Gasteiger partial charge in [-0.2, -0.15) is 0 Å². The summed E-state index contributed by atoms with van der Waals surface area (Å²) in [5.74, 6) is -0.682. The van der Waals surface area contributed by atoms with Crippen LogP contribution in [0, 0.1) is 0 Å². The second-order valence-corrected chi connectivity index (χ2v) is 10.4. The summed E-state index contributed by atoms with van der Waals surface area (Å²) >= 11 is 0. The van der Waals surface area contributed by atoms with Gasteiger partial charge in [-0.1, -0.05) is 26.8 Å². The molecule has 1 amide bonds. The SMILES string of the molecule is [2H]C1=C([12C]([2H])([2H])[2H])C(=O)N[C@@H]1CO[Si](C)(C)C(C)(C)C. The second-order valence-electron chi connectivity index (χ2n) is 5.62. The molecule has 16 heavy (non-hydrogen) atoms. The van der Waals surface area contributed by atoms with Crippen molar-refractivity contribution >= 4 is 14.2 Å². The lowest BCUT2D eigenvalue weighted by Crippen LogP contribution is -2.44. The summed E-state index contributed by atoms with van der Waals surface area (Å²) in [4.78, 5) is 11.7. The van der Waals surface area contributed by atoms with Crippen LogP contribution in [0.25, 0.3) is 0 Å². The maximum atomic E-state index is 11.7. The summed E-state index contributed by atoms with van der Waals surface area (Å²) in [6.45, 7) is 8.03. The Morgan fingerprint density at radius 2 is 2.25 bits per heavy atom. The molecule has 0 unspecified atom stereocenters. The van der Waals surface area contributed by atoms with Crippen molar-refractivity contribution in [3.05, 3.63) is 11.6 Å². The molecule has 0 radical (unpaired) electrons. The van der Waals surface area contributed by atoms with E-state index >= 15 is 0 Å². The fraction of sp³-hybridized carbons (Fsp3) is 0.750. The largest absolute Gasteiger partial charge is 0.414 e. The van der Waals surface area contributed by atoms with E-state index in [0.717, 1.165) is 0 Å².